The van der Waals surface area contributed by atoms with Gasteiger partial charge >= 0.3 is 0 Å². The normalized spacial score (nSPS) is 15.0. The molecule has 6 heteroatoms. The highest BCUT2D eigenvalue weighted by molar-refractivity contribution is 5.91. The van der Waals surface area contributed by atoms with Crippen LogP contribution in [-0.4, -0.2) is 24.2 Å². The molecule has 0 aliphatic heterocycles. The van der Waals surface area contributed by atoms with Crippen molar-refractivity contribution in [2.24, 2.45) is 0 Å². The van der Waals surface area contributed by atoms with Crippen LogP contribution < -0.4 is 14.8 Å². The van der Waals surface area contributed by atoms with E-state index in [9.17, 15) is 0 Å². The van der Waals surface area contributed by atoms with Crippen LogP contribution in [0.3, 0.4) is 0 Å². The van der Waals surface area contributed by atoms with Crippen molar-refractivity contribution in [1.82, 2.24) is 9.97 Å². The zero-order valence-electron chi connectivity index (χ0n) is 15.8. The largest absolute Gasteiger partial charge is 0.493 e. The molecule has 1 saturated carbocycles. The number of rotatable bonds is 6. The van der Waals surface area contributed by atoms with Crippen molar-refractivity contribution in [3.05, 3.63) is 42.1 Å². The van der Waals surface area contributed by atoms with Gasteiger partial charge in [0.15, 0.2) is 11.5 Å². The number of hydrogen-bond acceptors (Lipinski definition) is 6. The van der Waals surface area contributed by atoms with Gasteiger partial charge in [-0.05, 0) is 31.0 Å². The summed E-state index contributed by atoms with van der Waals surface area (Å²) in [7, 11) is 3.28. The molecule has 0 amide bonds. The molecule has 0 saturated heterocycles. The lowest BCUT2D eigenvalue weighted by Crippen LogP contribution is -2.11. The molecule has 4 rings (SSSR count). The third-order valence-electron chi connectivity index (χ3n) is 5.20. The van der Waals surface area contributed by atoms with Crippen molar-refractivity contribution in [3.8, 4) is 11.5 Å². The Labute approximate surface area is 158 Å². The molecule has 6 nitrogen and oxygen atoms in total. The number of furan rings is 1. The number of benzene rings is 1. The van der Waals surface area contributed by atoms with Gasteiger partial charge in [-0.1, -0.05) is 19.3 Å². The summed E-state index contributed by atoms with van der Waals surface area (Å²) in [5.74, 6) is 4.34. The van der Waals surface area contributed by atoms with Gasteiger partial charge in [0.1, 0.15) is 17.4 Å². The molecule has 1 aromatic carbocycles. The second kappa shape index (κ2) is 7.86. The molecule has 2 aromatic heterocycles. The van der Waals surface area contributed by atoms with E-state index in [4.69, 9.17) is 23.9 Å². The van der Waals surface area contributed by atoms with Crippen molar-refractivity contribution < 1.29 is 13.9 Å². The standard InChI is InChI=1S/C21H25N3O3/c1-25-18-11-16-17(12-19(18)26-2)23-20(14-7-4-3-5-8-14)24-21(16)22-13-15-9-6-10-27-15/h6,9-12,14H,3-5,7-8,13H2,1-2H3,(H,22,23,24). The number of aromatic nitrogens is 2. The monoisotopic (exact) mass is 367 g/mol. The zero-order chi connectivity index (χ0) is 18.6. The highest BCUT2D eigenvalue weighted by Gasteiger charge is 2.21. The van der Waals surface area contributed by atoms with Crippen LogP contribution in [0.2, 0.25) is 0 Å². The summed E-state index contributed by atoms with van der Waals surface area (Å²) in [5.41, 5.74) is 0.866. The lowest BCUT2D eigenvalue weighted by atomic mass is 9.88. The summed E-state index contributed by atoms with van der Waals surface area (Å²) in [6, 6.07) is 7.70. The first-order valence-electron chi connectivity index (χ1n) is 9.48. The maximum atomic E-state index is 5.47. The Bertz CT molecular complexity index is 903. The number of fused-ring (bicyclic) bond motifs is 1. The molecule has 1 aliphatic carbocycles. The van der Waals surface area contributed by atoms with Gasteiger partial charge in [0.2, 0.25) is 0 Å². The predicted octanol–water partition coefficient (Wildman–Crippen LogP) is 4.90. The Morgan fingerprint density at radius 1 is 1.07 bits per heavy atom. The first-order chi connectivity index (χ1) is 13.3. The number of anilines is 1. The zero-order valence-corrected chi connectivity index (χ0v) is 15.8. The van der Waals surface area contributed by atoms with Crippen LogP contribution in [0, 0.1) is 0 Å². The summed E-state index contributed by atoms with van der Waals surface area (Å²) in [6.07, 6.45) is 7.77. The average molecular weight is 367 g/mol. The van der Waals surface area contributed by atoms with Gasteiger partial charge in [0.25, 0.3) is 0 Å². The fourth-order valence-corrected chi connectivity index (χ4v) is 3.74. The molecule has 1 aliphatic rings. The van der Waals surface area contributed by atoms with E-state index < -0.39 is 0 Å². The van der Waals surface area contributed by atoms with Crippen LogP contribution in [0.5, 0.6) is 11.5 Å². The second-order valence-electron chi connectivity index (χ2n) is 6.92. The molecule has 0 unspecified atom stereocenters. The van der Waals surface area contributed by atoms with E-state index in [2.05, 4.69) is 5.32 Å². The average Bonchev–Trinajstić information content (AvgIpc) is 3.25. The molecule has 0 spiro atoms. The molecule has 2 heterocycles. The molecule has 27 heavy (non-hydrogen) atoms. The number of nitrogens with zero attached hydrogens (tertiary/aromatic N) is 2. The smallest absolute Gasteiger partial charge is 0.162 e. The molecule has 1 N–H and O–H groups in total. The molecule has 0 atom stereocenters. The van der Waals surface area contributed by atoms with Gasteiger partial charge in [-0.3, -0.25) is 0 Å². The Morgan fingerprint density at radius 3 is 2.56 bits per heavy atom. The van der Waals surface area contributed by atoms with Gasteiger partial charge in [-0.15, -0.1) is 0 Å². The summed E-state index contributed by atoms with van der Waals surface area (Å²) < 4.78 is 16.4. The fraction of sp³-hybridized carbons (Fsp3) is 0.429. The molecular weight excluding hydrogens is 342 g/mol. The molecule has 3 aromatic rings. The van der Waals surface area contributed by atoms with E-state index in [1.165, 1.54) is 19.3 Å². The highest BCUT2D eigenvalue weighted by atomic mass is 16.5. The quantitative estimate of drug-likeness (QED) is 0.668. The van der Waals surface area contributed by atoms with E-state index in [-0.39, 0.29) is 0 Å². The first kappa shape index (κ1) is 17.6. The van der Waals surface area contributed by atoms with E-state index in [1.54, 1.807) is 20.5 Å². The highest BCUT2D eigenvalue weighted by Crippen LogP contribution is 2.37. The third-order valence-corrected chi connectivity index (χ3v) is 5.20. The first-order valence-corrected chi connectivity index (χ1v) is 9.48. The molecule has 0 radical (unpaired) electrons. The Kier molecular flexibility index (Phi) is 5.14. The molecule has 0 bridgehead atoms. The minimum Gasteiger partial charge on any atom is -0.493 e. The van der Waals surface area contributed by atoms with Crippen molar-refractivity contribution in [1.29, 1.82) is 0 Å². The molecular formula is C21H25N3O3. The maximum absolute atomic E-state index is 5.47. The SMILES string of the molecule is COc1cc2nc(C3CCCCC3)nc(NCc3ccco3)c2cc1OC. The van der Waals surface area contributed by atoms with Crippen molar-refractivity contribution in [2.45, 2.75) is 44.6 Å². The number of methoxy groups -OCH3 is 2. The van der Waals surface area contributed by atoms with E-state index in [0.29, 0.717) is 24.0 Å². The Balaban J connectivity index is 1.77. The van der Waals surface area contributed by atoms with Gasteiger partial charge in [0.05, 0.1) is 32.5 Å². The maximum Gasteiger partial charge on any atom is 0.162 e. The van der Waals surface area contributed by atoms with Gasteiger partial charge in [0, 0.05) is 17.4 Å². The van der Waals surface area contributed by atoms with Crippen LogP contribution >= 0.6 is 0 Å². The molecule has 1 fully saturated rings. The summed E-state index contributed by atoms with van der Waals surface area (Å²) in [5, 5.41) is 4.33. The third kappa shape index (κ3) is 3.70. The van der Waals surface area contributed by atoms with Crippen molar-refractivity contribution in [2.75, 3.05) is 19.5 Å². The predicted molar refractivity (Wildman–Crippen MR) is 105 cm³/mol. The van der Waals surface area contributed by atoms with E-state index >= 15 is 0 Å². The van der Waals surface area contributed by atoms with E-state index in [0.717, 1.165) is 41.1 Å². The van der Waals surface area contributed by atoms with Crippen LogP contribution in [0.15, 0.2) is 34.9 Å². The fourth-order valence-electron chi connectivity index (χ4n) is 3.74. The van der Waals surface area contributed by atoms with Crippen LogP contribution in [0.25, 0.3) is 10.9 Å². The van der Waals surface area contributed by atoms with E-state index in [1.807, 2.05) is 24.3 Å². The minimum absolute atomic E-state index is 0.417. The number of hydrogen-bond donors (Lipinski definition) is 1. The van der Waals surface area contributed by atoms with Gasteiger partial charge < -0.3 is 19.2 Å². The minimum atomic E-state index is 0.417. The van der Waals surface area contributed by atoms with Crippen LogP contribution in [0.4, 0.5) is 5.82 Å². The lowest BCUT2D eigenvalue weighted by Gasteiger charge is -2.21. The van der Waals surface area contributed by atoms with Crippen molar-refractivity contribution in [3.63, 3.8) is 0 Å². The van der Waals surface area contributed by atoms with Gasteiger partial charge in [-0.2, -0.15) is 0 Å². The number of ether oxygens (including phenoxy) is 2. The lowest BCUT2D eigenvalue weighted by molar-refractivity contribution is 0.355. The molecule has 142 valence electrons. The second-order valence-corrected chi connectivity index (χ2v) is 6.92. The summed E-state index contributed by atoms with van der Waals surface area (Å²) in [4.78, 5) is 9.77. The number of nitrogens with one attached hydrogen (secondary N) is 1. The Morgan fingerprint density at radius 2 is 1.85 bits per heavy atom. The summed E-state index contributed by atoms with van der Waals surface area (Å²) >= 11 is 0. The Hall–Kier alpha value is -2.76. The van der Waals surface area contributed by atoms with Crippen LogP contribution in [-0.2, 0) is 6.54 Å². The topological polar surface area (TPSA) is 69.4 Å². The van der Waals surface area contributed by atoms with Crippen molar-refractivity contribution >= 4 is 16.7 Å². The van der Waals surface area contributed by atoms with Crippen LogP contribution in [0.1, 0.15) is 49.6 Å². The van der Waals surface area contributed by atoms with Gasteiger partial charge in [-0.25, -0.2) is 9.97 Å². The summed E-state index contributed by atoms with van der Waals surface area (Å²) in [6.45, 7) is 0.567.